The molecule has 6 nitrogen and oxygen atoms in total. The van der Waals surface area contributed by atoms with Crippen LogP contribution in [0.5, 0.6) is 11.5 Å². The molecule has 0 aliphatic carbocycles. The number of likely N-dealkylation sites (tertiary alicyclic amines) is 1. The second-order valence-electron chi connectivity index (χ2n) is 7.76. The summed E-state index contributed by atoms with van der Waals surface area (Å²) in [6.45, 7) is 3.40. The van der Waals surface area contributed by atoms with E-state index in [-0.39, 0.29) is 17.9 Å². The van der Waals surface area contributed by atoms with E-state index in [1.54, 1.807) is 24.3 Å². The van der Waals surface area contributed by atoms with E-state index < -0.39 is 0 Å². The molecule has 0 aromatic heterocycles. The number of amides is 2. The van der Waals surface area contributed by atoms with Crippen molar-refractivity contribution >= 4 is 11.8 Å². The topological polar surface area (TPSA) is 59.1 Å². The zero-order chi connectivity index (χ0) is 19.8. The first-order chi connectivity index (χ1) is 14.2. The van der Waals surface area contributed by atoms with E-state index in [4.69, 9.17) is 9.47 Å². The molecule has 29 heavy (non-hydrogen) atoms. The van der Waals surface area contributed by atoms with E-state index in [2.05, 4.69) is 17.0 Å². The Morgan fingerprint density at radius 2 is 1.59 bits per heavy atom. The van der Waals surface area contributed by atoms with E-state index in [0.29, 0.717) is 37.4 Å². The van der Waals surface area contributed by atoms with Crippen molar-refractivity contribution in [2.75, 3.05) is 32.8 Å². The van der Waals surface area contributed by atoms with E-state index in [9.17, 15) is 9.59 Å². The van der Waals surface area contributed by atoms with Crippen molar-refractivity contribution in [3.8, 4) is 11.5 Å². The predicted molar refractivity (Wildman–Crippen MR) is 107 cm³/mol. The summed E-state index contributed by atoms with van der Waals surface area (Å²) in [4.78, 5) is 29.0. The van der Waals surface area contributed by atoms with Crippen LogP contribution in [-0.2, 0) is 0 Å². The molecule has 0 bridgehead atoms. The van der Waals surface area contributed by atoms with Crippen LogP contribution in [0, 0.1) is 0 Å². The number of carbonyl (C=O) groups is 2. The minimum absolute atomic E-state index is 0.183. The lowest BCUT2D eigenvalue weighted by Crippen LogP contribution is -2.38. The van der Waals surface area contributed by atoms with Gasteiger partial charge < -0.3 is 9.47 Å². The summed E-state index contributed by atoms with van der Waals surface area (Å²) in [6.07, 6.45) is 3.04. The molecule has 3 aliphatic rings. The Morgan fingerprint density at radius 3 is 2.34 bits per heavy atom. The number of nitrogens with zero attached hydrogens (tertiary/aromatic N) is 2. The van der Waals surface area contributed by atoms with E-state index in [1.807, 2.05) is 6.07 Å². The van der Waals surface area contributed by atoms with Crippen LogP contribution in [0.1, 0.15) is 51.6 Å². The molecule has 0 N–H and O–H groups in total. The first-order valence-corrected chi connectivity index (χ1v) is 10.3. The molecule has 1 saturated heterocycles. The average Bonchev–Trinajstić information content (AvgIpc) is 3.21. The Morgan fingerprint density at radius 1 is 0.862 bits per heavy atom. The van der Waals surface area contributed by atoms with Gasteiger partial charge in [0.05, 0.1) is 24.3 Å². The first kappa shape index (κ1) is 18.2. The number of hydrogen-bond acceptors (Lipinski definition) is 5. The third-order valence-electron chi connectivity index (χ3n) is 6.01. The number of hydrogen-bond donors (Lipinski definition) is 0. The van der Waals surface area contributed by atoms with Gasteiger partial charge in [-0.2, -0.15) is 0 Å². The molecule has 6 heteroatoms. The molecule has 3 heterocycles. The summed E-state index contributed by atoms with van der Waals surface area (Å²) in [5.41, 5.74) is 2.23. The molecule has 1 unspecified atom stereocenters. The maximum absolute atomic E-state index is 12.6. The van der Waals surface area contributed by atoms with Crippen molar-refractivity contribution < 1.29 is 19.1 Å². The molecule has 2 aromatic carbocycles. The van der Waals surface area contributed by atoms with Crippen LogP contribution in [0.3, 0.4) is 0 Å². The first-order valence-electron chi connectivity index (χ1n) is 10.3. The highest BCUT2D eigenvalue weighted by Gasteiger charge is 2.36. The standard InChI is InChI=1S/C23H24N2O4/c26-22-17-5-1-2-6-18(17)23(27)25(22)12-11-24-10-3-7-19(24)16-8-9-20-21(15-16)29-14-4-13-28-20/h1-2,5-6,8-9,15,19H,3-4,7,10-14H2. The third kappa shape index (κ3) is 3.27. The van der Waals surface area contributed by atoms with Crippen molar-refractivity contribution in [2.24, 2.45) is 0 Å². The van der Waals surface area contributed by atoms with E-state index in [1.165, 1.54) is 10.5 Å². The van der Waals surface area contributed by atoms with Gasteiger partial charge in [0.25, 0.3) is 11.8 Å². The van der Waals surface area contributed by atoms with Gasteiger partial charge >= 0.3 is 0 Å². The van der Waals surface area contributed by atoms with Crippen molar-refractivity contribution in [3.63, 3.8) is 0 Å². The van der Waals surface area contributed by atoms with Gasteiger partial charge in [0.15, 0.2) is 11.5 Å². The highest BCUT2D eigenvalue weighted by molar-refractivity contribution is 6.21. The highest BCUT2D eigenvalue weighted by atomic mass is 16.5. The Kier molecular flexibility index (Phi) is 4.72. The Labute approximate surface area is 170 Å². The molecule has 1 fully saturated rings. The number of ether oxygens (including phenoxy) is 2. The average molecular weight is 392 g/mol. The van der Waals surface area contributed by atoms with Gasteiger partial charge in [-0.15, -0.1) is 0 Å². The molecule has 5 rings (SSSR count). The quantitative estimate of drug-likeness (QED) is 0.748. The number of benzene rings is 2. The van der Waals surface area contributed by atoms with E-state index in [0.717, 1.165) is 37.3 Å². The molecular weight excluding hydrogens is 368 g/mol. The Balaban J connectivity index is 1.29. The lowest BCUT2D eigenvalue weighted by Gasteiger charge is -2.27. The van der Waals surface area contributed by atoms with Crippen LogP contribution in [0.25, 0.3) is 0 Å². The van der Waals surface area contributed by atoms with Gasteiger partial charge in [-0.3, -0.25) is 19.4 Å². The smallest absolute Gasteiger partial charge is 0.261 e. The second-order valence-corrected chi connectivity index (χ2v) is 7.76. The van der Waals surface area contributed by atoms with Gasteiger partial charge in [0.2, 0.25) is 0 Å². The molecule has 0 saturated carbocycles. The molecular formula is C23H24N2O4. The zero-order valence-corrected chi connectivity index (χ0v) is 16.3. The van der Waals surface area contributed by atoms with Crippen LogP contribution in [0.15, 0.2) is 42.5 Å². The molecule has 0 spiro atoms. The molecule has 150 valence electrons. The minimum Gasteiger partial charge on any atom is -0.490 e. The summed E-state index contributed by atoms with van der Waals surface area (Å²) in [6, 6.07) is 13.5. The highest BCUT2D eigenvalue weighted by Crippen LogP contribution is 2.38. The van der Waals surface area contributed by atoms with Crippen LogP contribution in [0.2, 0.25) is 0 Å². The number of carbonyl (C=O) groups excluding carboxylic acids is 2. The largest absolute Gasteiger partial charge is 0.490 e. The molecule has 3 aliphatic heterocycles. The summed E-state index contributed by atoms with van der Waals surface area (Å²) in [7, 11) is 0. The SMILES string of the molecule is O=C1c2ccccc2C(=O)N1CCN1CCCC1c1ccc2c(c1)OCCCO2. The van der Waals surface area contributed by atoms with Crippen molar-refractivity contribution in [2.45, 2.75) is 25.3 Å². The molecule has 0 radical (unpaired) electrons. The lowest BCUT2D eigenvalue weighted by atomic mass is 10.0. The Hall–Kier alpha value is -2.86. The summed E-state index contributed by atoms with van der Waals surface area (Å²) in [5, 5.41) is 0. The normalized spacial score (nSPS) is 21.4. The van der Waals surface area contributed by atoms with Crippen LogP contribution in [-0.4, -0.2) is 54.5 Å². The van der Waals surface area contributed by atoms with Gasteiger partial charge in [-0.1, -0.05) is 18.2 Å². The summed E-state index contributed by atoms with van der Waals surface area (Å²) < 4.78 is 11.6. The van der Waals surface area contributed by atoms with Crippen LogP contribution < -0.4 is 9.47 Å². The molecule has 2 aromatic rings. The lowest BCUT2D eigenvalue weighted by molar-refractivity contribution is 0.0633. The fraction of sp³-hybridized carbons (Fsp3) is 0.391. The predicted octanol–water partition coefficient (Wildman–Crippen LogP) is 3.28. The third-order valence-corrected chi connectivity index (χ3v) is 6.01. The maximum Gasteiger partial charge on any atom is 0.261 e. The van der Waals surface area contributed by atoms with Gasteiger partial charge in [-0.05, 0) is 49.2 Å². The minimum atomic E-state index is -0.183. The number of fused-ring (bicyclic) bond motifs is 2. The van der Waals surface area contributed by atoms with Crippen LogP contribution in [0.4, 0.5) is 0 Å². The van der Waals surface area contributed by atoms with Gasteiger partial charge in [0, 0.05) is 25.6 Å². The van der Waals surface area contributed by atoms with Gasteiger partial charge in [-0.25, -0.2) is 0 Å². The molecule has 1 atom stereocenters. The van der Waals surface area contributed by atoms with Crippen molar-refractivity contribution in [3.05, 3.63) is 59.2 Å². The zero-order valence-electron chi connectivity index (χ0n) is 16.3. The van der Waals surface area contributed by atoms with Crippen LogP contribution >= 0.6 is 0 Å². The monoisotopic (exact) mass is 392 g/mol. The summed E-state index contributed by atoms with van der Waals surface area (Å²) >= 11 is 0. The number of rotatable bonds is 4. The fourth-order valence-corrected chi connectivity index (χ4v) is 4.53. The van der Waals surface area contributed by atoms with E-state index >= 15 is 0 Å². The second kappa shape index (κ2) is 7.52. The maximum atomic E-state index is 12.6. The summed E-state index contributed by atoms with van der Waals surface area (Å²) in [5.74, 6) is 1.25. The fourth-order valence-electron chi connectivity index (χ4n) is 4.53. The van der Waals surface area contributed by atoms with Crippen molar-refractivity contribution in [1.29, 1.82) is 0 Å². The molecule has 2 amide bonds. The number of imide groups is 1. The van der Waals surface area contributed by atoms with Crippen molar-refractivity contribution in [1.82, 2.24) is 9.80 Å². The Bertz CT molecular complexity index is 923. The van der Waals surface area contributed by atoms with Gasteiger partial charge in [0.1, 0.15) is 0 Å².